The topological polar surface area (TPSA) is 48.9 Å². The summed E-state index contributed by atoms with van der Waals surface area (Å²) in [5.41, 5.74) is 2.41. The van der Waals surface area contributed by atoms with E-state index in [-0.39, 0.29) is 0 Å². The number of pyridine rings is 1. The number of aromatic nitrogens is 2. The molecule has 0 saturated heterocycles. The molecule has 0 radical (unpaired) electrons. The highest BCUT2D eigenvalue weighted by atomic mass is 35.5. The molecule has 1 atom stereocenters. The SMILES string of the molecule is O[C@H](c1ccc(Cl)cn1)c1c[nH]c2ccccc12. The van der Waals surface area contributed by atoms with Gasteiger partial charge in [-0.2, -0.15) is 0 Å². The number of para-hydroxylation sites is 1. The monoisotopic (exact) mass is 258 g/mol. The van der Waals surface area contributed by atoms with E-state index in [2.05, 4.69) is 9.97 Å². The molecule has 1 aromatic carbocycles. The summed E-state index contributed by atoms with van der Waals surface area (Å²) in [6.07, 6.45) is 2.60. The van der Waals surface area contributed by atoms with Gasteiger partial charge in [-0.15, -0.1) is 0 Å². The number of nitrogens with zero attached hydrogens (tertiary/aromatic N) is 1. The molecule has 0 aliphatic heterocycles. The first-order valence-corrected chi connectivity index (χ1v) is 5.99. The van der Waals surface area contributed by atoms with Crippen LogP contribution in [-0.2, 0) is 0 Å². The predicted molar refractivity (Wildman–Crippen MR) is 71.6 cm³/mol. The number of nitrogens with one attached hydrogen (secondary N) is 1. The summed E-state index contributed by atoms with van der Waals surface area (Å²) in [4.78, 5) is 7.28. The van der Waals surface area contributed by atoms with Gasteiger partial charge in [0.2, 0.25) is 0 Å². The lowest BCUT2D eigenvalue weighted by Crippen LogP contribution is -2.01. The molecule has 2 aromatic heterocycles. The first kappa shape index (κ1) is 11.3. The molecular weight excluding hydrogens is 248 g/mol. The Hall–Kier alpha value is -1.84. The molecule has 0 amide bonds. The third-order valence-corrected chi connectivity index (χ3v) is 3.17. The number of aliphatic hydroxyl groups is 1. The largest absolute Gasteiger partial charge is 0.382 e. The molecule has 3 nitrogen and oxygen atoms in total. The van der Waals surface area contributed by atoms with Crippen LogP contribution in [0.3, 0.4) is 0 Å². The number of fused-ring (bicyclic) bond motifs is 1. The molecule has 0 aliphatic carbocycles. The number of aliphatic hydroxyl groups excluding tert-OH is 1. The molecule has 0 fully saturated rings. The van der Waals surface area contributed by atoms with Crippen molar-refractivity contribution in [1.82, 2.24) is 9.97 Å². The van der Waals surface area contributed by atoms with Crippen molar-refractivity contribution in [2.45, 2.75) is 6.10 Å². The van der Waals surface area contributed by atoms with E-state index in [0.29, 0.717) is 10.7 Å². The standard InChI is InChI=1S/C14H11ClN2O/c15-9-5-6-13(16-7-9)14(18)11-8-17-12-4-2-1-3-10(11)12/h1-8,14,17-18H/t14-/m0/s1. The third-order valence-electron chi connectivity index (χ3n) is 2.95. The minimum atomic E-state index is -0.751. The van der Waals surface area contributed by atoms with Gasteiger partial charge in [-0.25, -0.2) is 0 Å². The Morgan fingerprint density at radius 3 is 2.78 bits per heavy atom. The molecule has 0 bridgehead atoms. The number of rotatable bonds is 2. The summed E-state index contributed by atoms with van der Waals surface area (Å²) in [6.45, 7) is 0. The van der Waals surface area contributed by atoms with E-state index in [1.807, 2.05) is 30.5 Å². The van der Waals surface area contributed by atoms with E-state index >= 15 is 0 Å². The van der Waals surface area contributed by atoms with Gasteiger partial charge in [-0.05, 0) is 18.2 Å². The Balaban J connectivity index is 2.06. The summed E-state index contributed by atoms with van der Waals surface area (Å²) >= 11 is 5.79. The second-order valence-corrected chi connectivity index (χ2v) is 4.53. The Morgan fingerprint density at radius 1 is 1.17 bits per heavy atom. The lowest BCUT2D eigenvalue weighted by Gasteiger charge is -2.09. The molecule has 3 rings (SSSR count). The number of halogens is 1. The highest BCUT2D eigenvalue weighted by molar-refractivity contribution is 6.30. The Bertz CT molecular complexity index is 676. The normalized spacial score (nSPS) is 12.8. The molecule has 0 spiro atoms. The zero-order chi connectivity index (χ0) is 12.5. The Morgan fingerprint density at radius 2 is 2.00 bits per heavy atom. The molecule has 4 heteroatoms. The van der Waals surface area contributed by atoms with Gasteiger partial charge in [-0.3, -0.25) is 4.98 Å². The summed E-state index contributed by atoms with van der Waals surface area (Å²) in [5, 5.41) is 11.9. The van der Waals surface area contributed by atoms with Gasteiger partial charge in [-0.1, -0.05) is 29.8 Å². The van der Waals surface area contributed by atoms with Gasteiger partial charge in [0.25, 0.3) is 0 Å². The quantitative estimate of drug-likeness (QED) is 0.741. The first-order chi connectivity index (χ1) is 8.75. The molecule has 3 aromatic rings. The van der Waals surface area contributed by atoms with Crippen molar-refractivity contribution in [2.75, 3.05) is 0 Å². The van der Waals surface area contributed by atoms with Crippen LogP contribution in [0.4, 0.5) is 0 Å². The molecule has 18 heavy (non-hydrogen) atoms. The van der Waals surface area contributed by atoms with E-state index in [1.165, 1.54) is 6.20 Å². The predicted octanol–water partition coefficient (Wildman–Crippen LogP) is 3.30. The molecular formula is C14H11ClN2O. The van der Waals surface area contributed by atoms with Gasteiger partial charge in [0.15, 0.2) is 0 Å². The molecule has 0 unspecified atom stereocenters. The van der Waals surface area contributed by atoms with Crippen LogP contribution in [0.1, 0.15) is 17.4 Å². The second kappa shape index (κ2) is 4.44. The summed E-state index contributed by atoms with van der Waals surface area (Å²) < 4.78 is 0. The fourth-order valence-corrected chi connectivity index (χ4v) is 2.14. The zero-order valence-electron chi connectivity index (χ0n) is 9.47. The van der Waals surface area contributed by atoms with Crippen LogP contribution in [0.15, 0.2) is 48.8 Å². The van der Waals surface area contributed by atoms with Crippen LogP contribution < -0.4 is 0 Å². The van der Waals surface area contributed by atoms with Crippen LogP contribution in [0.5, 0.6) is 0 Å². The zero-order valence-corrected chi connectivity index (χ0v) is 10.2. The van der Waals surface area contributed by atoms with Crippen LogP contribution in [-0.4, -0.2) is 15.1 Å². The maximum Gasteiger partial charge on any atom is 0.123 e. The van der Waals surface area contributed by atoms with Crippen molar-refractivity contribution in [1.29, 1.82) is 0 Å². The van der Waals surface area contributed by atoms with Crippen molar-refractivity contribution >= 4 is 22.5 Å². The molecule has 90 valence electrons. The molecule has 2 N–H and O–H groups in total. The average Bonchev–Trinajstić information content (AvgIpc) is 2.82. The fraction of sp³-hybridized carbons (Fsp3) is 0.0714. The van der Waals surface area contributed by atoms with Gasteiger partial charge >= 0.3 is 0 Å². The lowest BCUT2D eigenvalue weighted by atomic mass is 10.1. The van der Waals surface area contributed by atoms with E-state index in [4.69, 9.17) is 11.6 Å². The van der Waals surface area contributed by atoms with Crippen molar-refractivity contribution in [2.24, 2.45) is 0 Å². The van der Waals surface area contributed by atoms with Crippen molar-refractivity contribution in [3.8, 4) is 0 Å². The first-order valence-electron chi connectivity index (χ1n) is 5.61. The van der Waals surface area contributed by atoms with Crippen LogP contribution in [0.2, 0.25) is 5.02 Å². The van der Waals surface area contributed by atoms with E-state index in [9.17, 15) is 5.11 Å². The molecule has 0 aliphatic rings. The minimum absolute atomic E-state index is 0.560. The molecule has 2 heterocycles. The Kier molecular flexibility index (Phi) is 2.78. The number of aromatic amines is 1. The highest BCUT2D eigenvalue weighted by Crippen LogP contribution is 2.28. The highest BCUT2D eigenvalue weighted by Gasteiger charge is 2.15. The van der Waals surface area contributed by atoms with Gasteiger partial charge in [0.1, 0.15) is 6.10 Å². The number of H-pyrrole nitrogens is 1. The molecule has 0 saturated carbocycles. The van der Waals surface area contributed by atoms with Crippen molar-refractivity contribution in [3.05, 3.63) is 65.1 Å². The van der Waals surface area contributed by atoms with E-state index in [0.717, 1.165) is 16.5 Å². The van der Waals surface area contributed by atoms with Gasteiger partial charge < -0.3 is 10.1 Å². The van der Waals surface area contributed by atoms with Crippen molar-refractivity contribution in [3.63, 3.8) is 0 Å². The van der Waals surface area contributed by atoms with Crippen molar-refractivity contribution < 1.29 is 5.11 Å². The van der Waals surface area contributed by atoms with Gasteiger partial charge in [0, 0.05) is 28.9 Å². The average molecular weight is 259 g/mol. The summed E-state index contributed by atoms with van der Waals surface area (Å²) in [7, 11) is 0. The lowest BCUT2D eigenvalue weighted by molar-refractivity contribution is 0.217. The summed E-state index contributed by atoms with van der Waals surface area (Å²) in [6, 6.07) is 11.3. The van der Waals surface area contributed by atoms with Crippen LogP contribution >= 0.6 is 11.6 Å². The Labute approximate surface area is 109 Å². The maximum absolute atomic E-state index is 10.3. The van der Waals surface area contributed by atoms with Gasteiger partial charge in [0.05, 0.1) is 10.7 Å². The fourth-order valence-electron chi connectivity index (χ4n) is 2.03. The smallest absolute Gasteiger partial charge is 0.123 e. The second-order valence-electron chi connectivity index (χ2n) is 4.09. The van der Waals surface area contributed by atoms with Crippen LogP contribution in [0.25, 0.3) is 10.9 Å². The van der Waals surface area contributed by atoms with Crippen LogP contribution in [0, 0.1) is 0 Å². The number of hydrogen-bond donors (Lipinski definition) is 2. The maximum atomic E-state index is 10.3. The third kappa shape index (κ3) is 1.88. The van der Waals surface area contributed by atoms with E-state index < -0.39 is 6.10 Å². The minimum Gasteiger partial charge on any atom is -0.382 e. The number of hydrogen-bond acceptors (Lipinski definition) is 2. The number of benzene rings is 1. The van der Waals surface area contributed by atoms with E-state index in [1.54, 1.807) is 12.1 Å². The summed E-state index contributed by atoms with van der Waals surface area (Å²) in [5.74, 6) is 0.